The van der Waals surface area contributed by atoms with Gasteiger partial charge in [0.2, 0.25) is 5.89 Å². The molecule has 2 aromatic carbocycles. The molecule has 1 heterocycles. The Morgan fingerprint density at radius 2 is 1.83 bits per heavy atom. The third kappa shape index (κ3) is 6.73. The van der Waals surface area contributed by atoms with Crippen molar-refractivity contribution < 1.29 is 8.81 Å². The third-order valence-corrected chi connectivity index (χ3v) is 5.03. The van der Waals surface area contributed by atoms with E-state index in [1.165, 1.54) is 11.6 Å². The Kier molecular flexibility index (Phi) is 9.64. The molecule has 8 heteroatoms. The molecule has 3 aromatic rings. The van der Waals surface area contributed by atoms with Gasteiger partial charge in [0.1, 0.15) is 5.82 Å². The fraction of sp³-hybridized carbons (Fsp3) is 0.273. The van der Waals surface area contributed by atoms with Crippen LogP contribution in [0.1, 0.15) is 22.6 Å². The number of halogens is 2. The number of oxazole rings is 1. The minimum atomic E-state index is -0.214. The first-order valence-corrected chi connectivity index (χ1v) is 10.7. The molecule has 30 heavy (non-hydrogen) atoms. The van der Waals surface area contributed by atoms with Gasteiger partial charge in [0.15, 0.2) is 11.7 Å². The molecule has 0 saturated carbocycles. The number of thioether (sulfide) groups is 1. The quantitative estimate of drug-likeness (QED) is 0.247. The fourth-order valence-corrected chi connectivity index (χ4v) is 3.44. The molecule has 0 aliphatic heterocycles. The van der Waals surface area contributed by atoms with Crippen molar-refractivity contribution in [1.82, 2.24) is 15.6 Å². The van der Waals surface area contributed by atoms with Crippen LogP contribution in [0.5, 0.6) is 0 Å². The van der Waals surface area contributed by atoms with Gasteiger partial charge >= 0.3 is 0 Å². The molecule has 0 radical (unpaired) electrons. The Balaban J connectivity index is 0.00000320. The molecule has 0 fully saturated rings. The van der Waals surface area contributed by atoms with Gasteiger partial charge in [-0.1, -0.05) is 35.9 Å². The zero-order valence-corrected chi connectivity index (χ0v) is 20.4. The molecule has 5 nitrogen and oxygen atoms in total. The lowest BCUT2D eigenvalue weighted by atomic mass is 10.1. The van der Waals surface area contributed by atoms with Crippen molar-refractivity contribution in [2.75, 3.05) is 13.3 Å². The highest BCUT2D eigenvalue weighted by molar-refractivity contribution is 14.0. The zero-order valence-electron chi connectivity index (χ0n) is 17.2. The van der Waals surface area contributed by atoms with E-state index in [-0.39, 0.29) is 29.8 Å². The minimum absolute atomic E-state index is 0. The number of aromatic nitrogens is 1. The number of guanidine groups is 1. The average Bonchev–Trinajstić information content (AvgIpc) is 3.19. The van der Waals surface area contributed by atoms with Gasteiger partial charge in [0.25, 0.3) is 0 Å². The van der Waals surface area contributed by atoms with Gasteiger partial charge in [-0.25, -0.2) is 9.37 Å². The summed E-state index contributed by atoms with van der Waals surface area (Å²) in [6.07, 6.45) is 3.73. The number of aliphatic imine (C=N–C) groups is 1. The average molecular weight is 540 g/mol. The Bertz CT molecular complexity index is 976. The van der Waals surface area contributed by atoms with Gasteiger partial charge < -0.3 is 15.1 Å². The molecule has 3 rings (SSSR count). The molecular weight excluding hydrogens is 514 g/mol. The van der Waals surface area contributed by atoms with Crippen LogP contribution in [0.3, 0.4) is 0 Å². The summed E-state index contributed by atoms with van der Waals surface area (Å²) in [7, 11) is 1.70. The Morgan fingerprint density at radius 3 is 2.53 bits per heavy atom. The van der Waals surface area contributed by atoms with Gasteiger partial charge in [-0.15, -0.1) is 24.0 Å². The first-order chi connectivity index (χ1) is 14.1. The van der Waals surface area contributed by atoms with Crippen LogP contribution in [0.15, 0.2) is 58.1 Å². The molecule has 0 atom stereocenters. The molecular formula is C22H26FIN4OS. The van der Waals surface area contributed by atoms with Crippen molar-refractivity contribution in [3.8, 4) is 11.3 Å². The summed E-state index contributed by atoms with van der Waals surface area (Å²) >= 11 is 1.67. The lowest BCUT2D eigenvalue weighted by Crippen LogP contribution is -2.36. The van der Waals surface area contributed by atoms with Crippen LogP contribution < -0.4 is 10.6 Å². The third-order valence-electron chi connectivity index (χ3n) is 4.43. The summed E-state index contributed by atoms with van der Waals surface area (Å²) in [6.45, 7) is 3.01. The Labute approximate surface area is 198 Å². The maximum atomic E-state index is 13.5. The van der Waals surface area contributed by atoms with Crippen LogP contribution in [0, 0.1) is 12.7 Å². The van der Waals surface area contributed by atoms with Crippen LogP contribution >= 0.6 is 35.7 Å². The molecule has 0 aliphatic rings. The molecule has 1 aromatic heterocycles. The van der Waals surface area contributed by atoms with E-state index in [2.05, 4.69) is 20.6 Å². The van der Waals surface area contributed by atoms with Crippen molar-refractivity contribution >= 4 is 41.7 Å². The zero-order chi connectivity index (χ0) is 20.6. The van der Waals surface area contributed by atoms with Crippen LogP contribution in [-0.2, 0) is 18.8 Å². The van der Waals surface area contributed by atoms with Crippen molar-refractivity contribution in [3.63, 3.8) is 0 Å². The second kappa shape index (κ2) is 11.9. The maximum absolute atomic E-state index is 13.5. The number of rotatable bonds is 7. The Morgan fingerprint density at radius 1 is 1.10 bits per heavy atom. The molecule has 160 valence electrons. The van der Waals surface area contributed by atoms with E-state index in [0.717, 1.165) is 28.2 Å². The molecule has 0 amide bonds. The molecule has 2 N–H and O–H groups in total. The lowest BCUT2D eigenvalue weighted by molar-refractivity contribution is 0.497. The summed E-state index contributed by atoms with van der Waals surface area (Å²) in [5.74, 6) is 2.48. The topological polar surface area (TPSA) is 62.5 Å². The van der Waals surface area contributed by atoms with Crippen LogP contribution in [0.2, 0.25) is 0 Å². The highest BCUT2D eigenvalue weighted by Crippen LogP contribution is 2.20. The van der Waals surface area contributed by atoms with Crippen LogP contribution in [0.25, 0.3) is 11.3 Å². The summed E-state index contributed by atoms with van der Waals surface area (Å²) in [5.41, 5.74) is 4.22. The number of hydrogen-bond acceptors (Lipinski definition) is 4. The molecule has 0 bridgehead atoms. The molecule has 0 aliphatic carbocycles. The lowest BCUT2D eigenvalue weighted by Gasteiger charge is -2.13. The number of nitrogens with zero attached hydrogens (tertiary/aromatic N) is 2. The van der Waals surface area contributed by atoms with Gasteiger partial charge in [0.05, 0.1) is 12.7 Å². The largest absolute Gasteiger partial charge is 0.439 e. The predicted molar refractivity (Wildman–Crippen MR) is 133 cm³/mol. The van der Waals surface area contributed by atoms with Gasteiger partial charge in [-0.3, -0.25) is 4.99 Å². The van der Waals surface area contributed by atoms with E-state index in [4.69, 9.17) is 4.42 Å². The van der Waals surface area contributed by atoms with Crippen LogP contribution in [0.4, 0.5) is 4.39 Å². The first kappa shape index (κ1) is 24.2. The van der Waals surface area contributed by atoms with E-state index >= 15 is 0 Å². The second-order valence-electron chi connectivity index (χ2n) is 6.61. The predicted octanol–water partition coefficient (Wildman–Crippen LogP) is 5.14. The SMILES string of the molecule is CN=C(NCc1ncc(-c2ccc(C)cc2)o1)NCc1ccc(F)cc1CSC.I. The highest BCUT2D eigenvalue weighted by atomic mass is 127. The fourth-order valence-electron chi connectivity index (χ4n) is 2.86. The van der Waals surface area contributed by atoms with Gasteiger partial charge in [-0.2, -0.15) is 11.8 Å². The van der Waals surface area contributed by atoms with E-state index < -0.39 is 0 Å². The highest BCUT2D eigenvalue weighted by Gasteiger charge is 2.09. The summed E-state index contributed by atoms with van der Waals surface area (Å²) in [6, 6.07) is 13.0. The van der Waals surface area contributed by atoms with Gasteiger partial charge in [0, 0.05) is 24.9 Å². The van der Waals surface area contributed by atoms with Crippen molar-refractivity contribution in [3.05, 3.63) is 77.1 Å². The number of hydrogen-bond donors (Lipinski definition) is 2. The molecule has 0 saturated heterocycles. The van der Waals surface area contributed by atoms with Crippen molar-refractivity contribution in [2.45, 2.75) is 25.8 Å². The van der Waals surface area contributed by atoms with Gasteiger partial charge in [-0.05, 0) is 36.4 Å². The normalized spacial score (nSPS) is 11.1. The van der Waals surface area contributed by atoms with E-state index in [1.807, 2.05) is 43.5 Å². The summed E-state index contributed by atoms with van der Waals surface area (Å²) in [4.78, 5) is 8.56. The minimum Gasteiger partial charge on any atom is -0.439 e. The van der Waals surface area contributed by atoms with E-state index in [0.29, 0.717) is 24.9 Å². The Hall–Kier alpha value is -2.07. The second-order valence-corrected chi connectivity index (χ2v) is 7.48. The summed E-state index contributed by atoms with van der Waals surface area (Å²) < 4.78 is 19.3. The monoisotopic (exact) mass is 540 g/mol. The number of benzene rings is 2. The first-order valence-electron chi connectivity index (χ1n) is 9.31. The van der Waals surface area contributed by atoms with E-state index in [1.54, 1.807) is 31.1 Å². The smallest absolute Gasteiger partial charge is 0.214 e. The van der Waals surface area contributed by atoms with Crippen molar-refractivity contribution in [2.24, 2.45) is 4.99 Å². The van der Waals surface area contributed by atoms with E-state index in [9.17, 15) is 4.39 Å². The molecule has 0 unspecified atom stereocenters. The van der Waals surface area contributed by atoms with Crippen LogP contribution in [-0.4, -0.2) is 24.2 Å². The van der Waals surface area contributed by atoms with Crippen molar-refractivity contribution in [1.29, 1.82) is 0 Å². The maximum Gasteiger partial charge on any atom is 0.214 e. The molecule has 0 spiro atoms. The number of nitrogens with one attached hydrogen (secondary N) is 2. The standard InChI is InChI=1S/C22H25FN4OS.HI/c1-15-4-6-16(7-5-15)20-12-25-21(28-20)13-27-22(24-2)26-11-17-8-9-19(23)10-18(17)14-29-3;/h4-10,12H,11,13-14H2,1-3H3,(H2,24,26,27);1H. The summed E-state index contributed by atoms with van der Waals surface area (Å²) in [5, 5.41) is 6.45. The number of aryl methyl sites for hydroxylation is 1.